The van der Waals surface area contributed by atoms with Crippen LogP contribution < -0.4 is 10.9 Å². The van der Waals surface area contributed by atoms with Crippen LogP contribution in [0.4, 0.5) is 0 Å². The third kappa shape index (κ3) is 2.53. The van der Waals surface area contributed by atoms with Crippen LogP contribution >= 0.6 is 0 Å². The van der Waals surface area contributed by atoms with Crippen molar-refractivity contribution in [2.45, 2.75) is 6.54 Å². The number of hydrogen-bond acceptors (Lipinski definition) is 3. The van der Waals surface area contributed by atoms with E-state index in [2.05, 4.69) is 15.3 Å². The molecular formula is C7H10N2O2. The van der Waals surface area contributed by atoms with Crippen molar-refractivity contribution in [3.63, 3.8) is 0 Å². The lowest BCUT2D eigenvalue weighted by atomic mass is 10.3. The van der Waals surface area contributed by atoms with Gasteiger partial charge in [-0.25, -0.2) is 0 Å². The van der Waals surface area contributed by atoms with Crippen LogP contribution in [0.25, 0.3) is 0 Å². The molecule has 4 nitrogen and oxygen atoms in total. The maximum Gasteiger partial charge on any atom is 0.181 e. The van der Waals surface area contributed by atoms with Crippen LogP contribution in [-0.2, 0) is 11.4 Å². The summed E-state index contributed by atoms with van der Waals surface area (Å²) < 4.78 is 0. The molecule has 0 aliphatic carbocycles. The molecular weight excluding hydrogens is 144 g/mol. The van der Waals surface area contributed by atoms with Crippen molar-refractivity contribution in [3.05, 3.63) is 34.2 Å². The average molecular weight is 154 g/mol. The molecule has 0 aromatic carbocycles. The molecule has 2 N–H and O–H groups in total. The Kier molecular flexibility index (Phi) is 2.83. The summed E-state index contributed by atoms with van der Waals surface area (Å²) in [6.07, 6.45) is 1.61. The fourth-order valence-corrected chi connectivity index (χ4v) is 0.744. The minimum atomic E-state index is -0.00310. The van der Waals surface area contributed by atoms with E-state index in [1.807, 2.05) is 0 Å². The number of hydrogen-bond donors (Lipinski definition) is 2. The molecule has 0 aliphatic rings. The van der Waals surface area contributed by atoms with E-state index in [1.54, 1.807) is 6.20 Å². The van der Waals surface area contributed by atoms with E-state index >= 15 is 0 Å². The van der Waals surface area contributed by atoms with Gasteiger partial charge in [0.1, 0.15) is 0 Å². The smallest absolute Gasteiger partial charge is 0.181 e. The largest absolute Gasteiger partial charge is 0.364 e. The SMILES string of the molecule is CONCc1cc(=O)cc[nH]1. The lowest BCUT2D eigenvalue weighted by molar-refractivity contribution is 0.0858. The number of H-pyrrole nitrogens is 1. The second-order valence-electron chi connectivity index (χ2n) is 2.07. The van der Waals surface area contributed by atoms with Gasteiger partial charge in [0, 0.05) is 24.0 Å². The highest BCUT2D eigenvalue weighted by Gasteiger charge is 1.90. The number of hydroxylamine groups is 1. The molecule has 1 heterocycles. The summed E-state index contributed by atoms with van der Waals surface area (Å²) in [5, 5.41) is 0. The Balaban J connectivity index is 2.64. The molecule has 1 aromatic rings. The monoisotopic (exact) mass is 154 g/mol. The topological polar surface area (TPSA) is 54.1 Å². The van der Waals surface area contributed by atoms with Gasteiger partial charge >= 0.3 is 0 Å². The quantitative estimate of drug-likeness (QED) is 0.604. The molecule has 60 valence electrons. The van der Waals surface area contributed by atoms with Crippen LogP contribution in [0, 0.1) is 0 Å². The zero-order valence-corrected chi connectivity index (χ0v) is 6.26. The van der Waals surface area contributed by atoms with Crippen molar-refractivity contribution >= 4 is 0 Å². The molecule has 11 heavy (non-hydrogen) atoms. The number of aromatic amines is 1. The summed E-state index contributed by atoms with van der Waals surface area (Å²) in [7, 11) is 1.53. The molecule has 4 heteroatoms. The summed E-state index contributed by atoms with van der Waals surface area (Å²) in [4.78, 5) is 18.3. The van der Waals surface area contributed by atoms with Crippen LogP contribution in [-0.4, -0.2) is 12.1 Å². The molecule has 0 atom stereocenters. The van der Waals surface area contributed by atoms with Gasteiger partial charge in [0.25, 0.3) is 0 Å². The average Bonchev–Trinajstić information content (AvgIpc) is 2.01. The second kappa shape index (κ2) is 3.90. The van der Waals surface area contributed by atoms with Crippen molar-refractivity contribution in [2.24, 2.45) is 0 Å². The van der Waals surface area contributed by atoms with E-state index in [0.717, 1.165) is 5.69 Å². The lowest BCUT2D eigenvalue weighted by Gasteiger charge is -1.99. The molecule has 0 spiro atoms. The Morgan fingerprint density at radius 2 is 2.55 bits per heavy atom. The third-order valence-electron chi connectivity index (χ3n) is 1.24. The van der Waals surface area contributed by atoms with Crippen LogP contribution in [0.15, 0.2) is 23.1 Å². The van der Waals surface area contributed by atoms with Crippen molar-refractivity contribution in [2.75, 3.05) is 7.11 Å². The van der Waals surface area contributed by atoms with Crippen LogP contribution in [0.5, 0.6) is 0 Å². The van der Waals surface area contributed by atoms with Crippen molar-refractivity contribution < 1.29 is 4.84 Å². The Morgan fingerprint density at radius 3 is 3.18 bits per heavy atom. The lowest BCUT2D eigenvalue weighted by Crippen LogP contribution is -2.13. The van der Waals surface area contributed by atoms with E-state index < -0.39 is 0 Å². The van der Waals surface area contributed by atoms with E-state index in [1.165, 1.54) is 19.2 Å². The van der Waals surface area contributed by atoms with Gasteiger partial charge in [-0.2, -0.15) is 5.48 Å². The first-order valence-electron chi connectivity index (χ1n) is 3.26. The normalized spacial score (nSPS) is 9.91. The molecule has 0 radical (unpaired) electrons. The molecule has 0 saturated heterocycles. The first-order chi connectivity index (χ1) is 5.33. The first-order valence-corrected chi connectivity index (χ1v) is 3.26. The van der Waals surface area contributed by atoms with E-state index in [-0.39, 0.29) is 5.43 Å². The van der Waals surface area contributed by atoms with Gasteiger partial charge in [0.05, 0.1) is 13.7 Å². The molecule has 0 unspecified atom stereocenters. The summed E-state index contributed by atoms with van der Waals surface area (Å²) >= 11 is 0. The van der Waals surface area contributed by atoms with E-state index in [9.17, 15) is 4.79 Å². The van der Waals surface area contributed by atoms with Crippen molar-refractivity contribution in [1.82, 2.24) is 10.5 Å². The Morgan fingerprint density at radius 1 is 1.73 bits per heavy atom. The Hall–Kier alpha value is -1.13. The van der Waals surface area contributed by atoms with Crippen LogP contribution in [0.2, 0.25) is 0 Å². The Labute approximate surface area is 64.2 Å². The number of rotatable bonds is 3. The molecule has 0 fully saturated rings. The van der Waals surface area contributed by atoms with Gasteiger partial charge in [-0.3, -0.25) is 4.79 Å². The maximum atomic E-state index is 10.8. The van der Waals surface area contributed by atoms with Gasteiger partial charge in [-0.1, -0.05) is 0 Å². The van der Waals surface area contributed by atoms with E-state index in [4.69, 9.17) is 0 Å². The fraction of sp³-hybridized carbons (Fsp3) is 0.286. The van der Waals surface area contributed by atoms with Gasteiger partial charge in [0.15, 0.2) is 5.43 Å². The number of nitrogens with one attached hydrogen (secondary N) is 2. The third-order valence-corrected chi connectivity index (χ3v) is 1.24. The Bertz CT molecular complexity index is 269. The van der Waals surface area contributed by atoms with Crippen LogP contribution in [0.3, 0.4) is 0 Å². The van der Waals surface area contributed by atoms with E-state index in [0.29, 0.717) is 6.54 Å². The zero-order valence-electron chi connectivity index (χ0n) is 6.26. The predicted molar refractivity (Wildman–Crippen MR) is 40.9 cm³/mol. The predicted octanol–water partition coefficient (Wildman–Crippen LogP) is 0.0259. The standard InChI is InChI=1S/C7H10N2O2/c1-11-9-5-6-4-7(10)2-3-8-6/h2-4,9H,5H2,1H3,(H,8,10). The summed E-state index contributed by atoms with van der Waals surface area (Å²) in [5.41, 5.74) is 3.42. The van der Waals surface area contributed by atoms with Gasteiger partial charge in [-0.05, 0) is 0 Å². The summed E-state index contributed by atoms with van der Waals surface area (Å²) in [5.74, 6) is 0. The molecule has 0 aliphatic heterocycles. The van der Waals surface area contributed by atoms with Crippen molar-refractivity contribution in [1.29, 1.82) is 0 Å². The highest BCUT2D eigenvalue weighted by Crippen LogP contribution is 1.86. The molecule has 1 aromatic heterocycles. The minimum absolute atomic E-state index is 0.00310. The first kappa shape index (κ1) is 7.97. The maximum absolute atomic E-state index is 10.8. The highest BCUT2D eigenvalue weighted by molar-refractivity contribution is 5.03. The molecule has 0 saturated carbocycles. The molecule has 1 rings (SSSR count). The molecule has 0 amide bonds. The van der Waals surface area contributed by atoms with Crippen molar-refractivity contribution in [3.8, 4) is 0 Å². The van der Waals surface area contributed by atoms with Gasteiger partial charge in [-0.15, -0.1) is 0 Å². The van der Waals surface area contributed by atoms with Gasteiger partial charge < -0.3 is 9.82 Å². The highest BCUT2D eigenvalue weighted by atomic mass is 16.6. The second-order valence-corrected chi connectivity index (χ2v) is 2.07. The molecule has 0 bridgehead atoms. The zero-order chi connectivity index (χ0) is 8.10. The summed E-state index contributed by atoms with van der Waals surface area (Å²) in [6.45, 7) is 0.507. The number of aromatic nitrogens is 1. The number of pyridine rings is 1. The summed E-state index contributed by atoms with van der Waals surface area (Å²) in [6, 6.07) is 2.99. The van der Waals surface area contributed by atoms with Gasteiger partial charge in [0.2, 0.25) is 0 Å². The fourth-order valence-electron chi connectivity index (χ4n) is 0.744. The minimum Gasteiger partial charge on any atom is -0.364 e. The van der Waals surface area contributed by atoms with Crippen LogP contribution in [0.1, 0.15) is 5.69 Å².